The van der Waals surface area contributed by atoms with Crippen molar-refractivity contribution in [1.29, 1.82) is 0 Å². The van der Waals surface area contributed by atoms with Gasteiger partial charge in [-0.1, -0.05) is 30.3 Å². The number of fused-ring (bicyclic) bond motifs is 1. The van der Waals surface area contributed by atoms with Crippen molar-refractivity contribution in [3.8, 4) is 22.4 Å². The number of likely N-dealkylation sites (N-methyl/N-ethyl adjacent to an activating group) is 1. The van der Waals surface area contributed by atoms with Crippen LogP contribution in [0.3, 0.4) is 0 Å². The fraction of sp³-hybridized carbons (Fsp3) is 0.217. The Morgan fingerprint density at radius 3 is 2.54 bits per heavy atom. The van der Waals surface area contributed by atoms with Crippen LogP contribution in [0.5, 0.6) is 0 Å². The second kappa shape index (κ2) is 7.09. The Hall–Kier alpha value is -3.18. The second-order valence-electron chi connectivity index (χ2n) is 7.32. The Kier molecular flexibility index (Phi) is 4.29. The van der Waals surface area contributed by atoms with Gasteiger partial charge in [-0.05, 0) is 42.9 Å². The summed E-state index contributed by atoms with van der Waals surface area (Å²) in [5.74, 6) is 0. The zero-order chi connectivity index (χ0) is 18.9. The topological polar surface area (TPSA) is 48.0 Å². The Morgan fingerprint density at radius 2 is 1.79 bits per heavy atom. The van der Waals surface area contributed by atoms with Gasteiger partial charge >= 0.3 is 0 Å². The fourth-order valence-corrected chi connectivity index (χ4v) is 3.75. The predicted molar refractivity (Wildman–Crippen MR) is 113 cm³/mol. The number of H-pyrrole nitrogens is 1. The van der Waals surface area contributed by atoms with E-state index in [1.54, 1.807) is 0 Å². The van der Waals surface area contributed by atoms with Crippen LogP contribution in [0.2, 0.25) is 0 Å². The third-order valence-corrected chi connectivity index (χ3v) is 5.47. The largest absolute Gasteiger partial charge is 0.369 e. The lowest BCUT2D eigenvalue weighted by Crippen LogP contribution is -2.44. The summed E-state index contributed by atoms with van der Waals surface area (Å²) >= 11 is 0. The average molecular weight is 368 g/mol. The molecule has 0 amide bonds. The quantitative estimate of drug-likeness (QED) is 0.597. The van der Waals surface area contributed by atoms with Crippen LogP contribution in [0.4, 0.5) is 5.69 Å². The molecule has 5 nitrogen and oxygen atoms in total. The van der Waals surface area contributed by atoms with E-state index in [0.29, 0.717) is 0 Å². The van der Waals surface area contributed by atoms with Crippen LogP contribution in [0.25, 0.3) is 33.4 Å². The van der Waals surface area contributed by atoms with Crippen molar-refractivity contribution in [3.05, 3.63) is 66.9 Å². The maximum atomic E-state index is 4.58. The van der Waals surface area contributed by atoms with Crippen molar-refractivity contribution < 1.29 is 0 Å². The van der Waals surface area contributed by atoms with Crippen molar-refractivity contribution in [3.63, 3.8) is 0 Å². The molecule has 1 fully saturated rings. The summed E-state index contributed by atoms with van der Waals surface area (Å²) in [5.41, 5.74) is 6.30. The van der Waals surface area contributed by atoms with Gasteiger partial charge in [0.05, 0.1) is 0 Å². The van der Waals surface area contributed by atoms with Crippen LogP contribution in [0.1, 0.15) is 0 Å². The standard InChI is InChI=1S/C23H22N5/c1-27-11-13-28(14-12-27)20-9-7-17(8-10-20)19-15-21-22(18-5-3-2-4-6-18)25-26-23(21)24-16-19/h2-3,5-10,15-16H,11-14H2,1H3,(H,24,25,26). The molecule has 0 unspecified atom stereocenters. The van der Waals surface area contributed by atoms with Gasteiger partial charge in [-0.2, -0.15) is 5.10 Å². The van der Waals surface area contributed by atoms with Gasteiger partial charge in [0.15, 0.2) is 5.65 Å². The molecule has 0 aliphatic carbocycles. The van der Waals surface area contributed by atoms with Crippen LogP contribution in [0, 0.1) is 6.07 Å². The van der Waals surface area contributed by atoms with Gasteiger partial charge in [-0.15, -0.1) is 0 Å². The molecule has 0 bridgehead atoms. The molecule has 0 atom stereocenters. The summed E-state index contributed by atoms with van der Waals surface area (Å²) in [7, 11) is 2.18. The predicted octanol–water partition coefficient (Wildman–Crippen LogP) is 3.84. The van der Waals surface area contributed by atoms with Gasteiger partial charge in [-0.25, -0.2) is 4.98 Å². The number of nitrogens with one attached hydrogen (secondary N) is 1. The fourth-order valence-electron chi connectivity index (χ4n) is 3.75. The van der Waals surface area contributed by atoms with E-state index in [2.05, 4.69) is 68.4 Å². The summed E-state index contributed by atoms with van der Waals surface area (Å²) in [6.07, 6.45) is 1.91. The first-order valence-corrected chi connectivity index (χ1v) is 9.62. The molecule has 0 saturated carbocycles. The first-order chi connectivity index (χ1) is 13.8. The van der Waals surface area contributed by atoms with Gasteiger partial charge in [0, 0.05) is 54.6 Å². The van der Waals surface area contributed by atoms with Crippen molar-refractivity contribution in [1.82, 2.24) is 20.1 Å². The third-order valence-electron chi connectivity index (χ3n) is 5.47. The number of pyridine rings is 1. The number of piperazine rings is 1. The first kappa shape index (κ1) is 17.0. The molecule has 1 aliphatic heterocycles. The Balaban J connectivity index is 1.46. The molecule has 1 saturated heterocycles. The summed E-state index contributed by atoms with van der Waals surface area (Å²) in [4.78, 5) is 9.40. The zero-order valence-electron chi connectivity index (χ0n) is 15.9. The number of benzene rings is 2. The van der Waals surface area contributed by atoms with E-state index in [9.17, 15) is 0 Å². The average Bonchev–Trinajstić information content (AvgIpc) is 3.18. The van der Waals surface area contributed by atoms with Crippen LogP contribution in [0.15, 0.2) is 60.8 Å². The molecular formula is C23H22N5. The van der Waals surface area contributed by atoms with E-state index in [4.69, 9.17) is 0 Å². The van der Waals surface area contributed by atoms with E-state index in [1.807, 2.05) is 30.5 Å². The molecule has 0 spiro atoms. The number of aromatic nitrogens is 3. The summed E-state index contributed by atoms with van der Waals surface area (Å²) in [6, 6.07) is 22.0. The Labute approximate surface area is 164 Å². The van der Waals surface area contributed by atoms with Gasteiger partial charge in [0.2, 0.25) is 0 Å². The molecule has 2 aromatic carbocycles. The molecular weight excluding hydrogens is 346 g/mol. The molecule has 139 valence electrons. The number of hydrogen-bond acceptors (Lipinski definition) is 4. The third kappa shape index (κ3) is 3.14. The highest BCUT2D eigenvalue weighted by Gasteiger charge is 2.15. The second-order valence-corrected chi connectivity index (χ2v) is 7.32. The maximum Gasteiger partial charge on any atom is 0.155 e. The minimum Gasteiger partial charge on any atom is -0.369 e. The van der Waals surface area contributed by atoms with Gasteiger partial charge < -0.3 is 9.80 Å². The van der Waals surface area contributed by atoms with Gasteiger partial charge in [0.25, 0.3) is 0 Å². The van der Waals surface area contributed by atoms with Gasteiger partial charge in [0.1, 0.15) is 5.69 Å². The normalized spacial score (nSPS) is 15.2. The maximum absolute atomic E-state index is 4.58. The molecule has 28 heavy (non-hydrogen) atoms. The first-order valence-electron chi connectivity index (χ1n) is 9.62. The summed E-state index contributed by atoms with van der Waals surface area (Å²) < 4.78 is 0. The smallest absolute Gasteiger partial charge is 0.155 e. The van der Waals surface area contributed by atoms with Gasteiger partial charge in [-0.3, -0.25) is 5.10 Å². The number of rotatable bonds is 3. The number of aromatic amines is 1. The molecule has 1 N–H and O–H groups in total. The molecule has 2 aromatic heterocycles. The van der Waals surface area contributed by atoms with E-state index in [-0.39, 0.29) is 0 Å². The Bertz CT molecular complexity index is 1080. The zero-order valence-corrected chi connectivity index (χ0v) is 15.9. The van der Waals surface area contributed by atoms with Crippen LogP contribution >= 0.6 is 0 Å². The minimum atomic E-state index is 0.802. The lowest BCUT2D eigenvalue weighted by Gasteiger charge is -2.34. The molecule has 1 aliphatic rings. The van der Waals surface area contributed by atoms with Crippen molar-refractivity contribution in [2.45, 2.75) is 0 Å². The van der Waals surface area contributed by atoms with Crippen molar-refractivity contribution in [2.75, 3.05) is 38.1 Å². The van der Waals surface area contributed by atoms with E-state index < -0.39 is 0 Å². The molecule has 1 radical (unpaired) electrons. The highest BCUT2D eigenvalue weighted by Crippen LogP contribution is 2.30. The van der Waals surface area contributed by atoms with E-state index >= 15 is 0 Å². The SMILES string of the molecule is CN1CCN(c2ccc(-c3cnc4[nH]nc(-c5c[c]ccc5)c4c3)cc2)CC1. The highest BCUT2D eigenvalue weighted by atomic mass is 15.2. The minimum absolute atomic E-state index is 0.802. The van der Waals surface area contributed by atoms with Crippen LogP contribution < -0.4 is 4.90 Å². The summed E-state index contributed by atoms with van der Waals surface area (Å²) in [6.45, 7) is 4.39. The number of anilines is 1. The van der Waals surface area contributed by atoms with Crippen molar-refractivity contribution in [2.24, 2.45) is 0 Å². The number of hydrogen-bond donors (Lipinski definition) is 1. The molecule has 5 rings (SSSR count). The summed E-state index contributed by atoms with van der Waals surface area (Å²) in [5, 5.41) is 8.53. The van der Waals surface area contributed by atoms with E-state index in [0.717, 1.165) is 54.0 Å². The number of nitrogens with zero attached hydrogens (tertiary/aromatic N) is 4. The van der Waals surface area contributed by atoms with Crippen molar-refractivity contribution >= 4 is 16.7 Å². The molecule has 3 heterocycles. The lowest BCUT2D eigenvalue weighted by molar-refractivity contribution is 0.313. The molecule has 4 aromatic rings. The molecule has 5 heteroatoms. The van der Waals surface area contributed by atoms with Crippen LogP contribution in [-0.2, 0) is 0 Å². The monoisotopic (exact) mass is 368 g/mol. The highest BCUT2D eigenvalue weighted by molar-refractivity contribution is 5.93. The lowest BCUT2D eigenvalue weighted by atomic mass is 10.0. The van der Waals surface area contributed by atoms with E-state index in [1.165, 1.54) is 11.3 Å². The Morgan fingerprint density at radius 1 is 0.964 bits per heavy atom. The van der Waals surface area contributed by atoms with Crippen LogP contribution in [-0.4, -0.2) is 53.3 Å².